The summed E-state index contributed by atoms with van der Waals surface area (Å²) in [5, 5.41) is 5.01. The lowest BCUT2D eigenvalue weighted by Crippen LogP contribution is -2.30. The van der Waals surface area contributed by atoms with E-state index in [1.54, 1.807) is 0 Å². The molecule has 7 aromatic carbocycles. The predicted molar refractivity (Wildman–Crippen MR) is 202 cm³/mol. The van der Waals surface area contributed by atoms with Crippen molar-refractivity contribution >= 4 is 60.7 Å². The molecule has 2 aromatic heterocycles. The number of fused-ring (bicyclic) bond motifs is 8. The normalized spacial score (nSPS) is 13.8. The van der Waals surface area contributed by atoms with E-state index in [0.29, 0.717) is 0 Å². The Labute approximate surface area is 279 Å². The number of nitrogens with one attached hydrogen (secondary N) is 1. The van der Waals surface area contributed by atoms with E-state index < -0.39 is 0 Å². The van der Waals surface area contributed by atoms with Crippen LogP contribution >= 0.6 is 0 Å². The number of benzene rings is 7. The quantitative estimate of drug-likeness (QED) is 0.210. The highest BCUT2D eigenvalue weighted by Gasteiger charge is 2.37. The smallest absolute Gasteiger partial charge is 0.0541 e. The third-order valence-electron chi connectivity index (χ3n) is 10.5. The molecule has 9 aromatic rings. The Morgan fingerprint density at radius 2 is 1.10 bits per heavy atom. The van der Waals surface area contributed by atoms with Crippen molar-refractivity contribution in [3.8, 4) is 16.8 Å². The molecule has 0 amide bonds. The molecule has 228 valence electrons. The van der Waals surface area contributed by atoms with E-state index in [1.807, 2.05) is 0 Å². The summed E-state index contributed by atoms with van der Waals surface area (Å²) < 4.78 is 2.42. The van der Waals surface area contributed by atoms with Crippen LogP contribution in [-0.2, 0) is 5.41 Å². The number of anilines is 3. The van der Waals surface area contributed by atoms with E-state index in [0.717, 1.165) is 5.52 Å². The standard InChI is InChI=1S/C45H33N3/c1-45(2)37-16-8-11-19-43(37)47(31-12-4-3-5-13-31)44-25-21-30(27-38(44)45)29-20-24-42-36(26-29)34-15-7-10-18-41(34)48(42)32-22-23-40-35(28-32)33-14-6-9-17-39(33)46-40/h3-28,46H,1-2H3. The van der Waals surface area contributed by atoms with Crippen molar-refractivity contribution in [2.24, 2.45) is 0 Å². The molecule has 1 aliphatic heterocycles. The monoisotopic (exact) mass is 615 g/mol. The average Bonchev–Trinajstić information content (AvgIpc) is 3.67. The molecule has 3 heterocycles. The molecule has 3 nitrogen and oxygen atoms in total. The maximum Gasteiger partial charge on any atom is 0.0541 e. The van der Waals surface area contributed by atoms with Gasteiger partial charge >= 0.3 is 0 Å². The van der Waals surface area contributed by atoms with E-state index in [-0.39, 0.29) is 5.41 Å². The summed E-state index contributed by atoms with van der Waals surface area (Å²) in [7, 11) is 0. The Morgan fingerprint density at radius 1 is 0.438 bits per heavy atom. The largest absolute Gasteiger partial charge is 0.355 e. The van der Waals surface area contributed by atoms with E-state index in [4.69, 9.17) is 0 Å². The van der Waals surface area contributed by atoms with Crippen molar-refractivity contribution < 1.29 is 0 Å². The lowest BCUT2D eigenvalue weighted by atomic mass is 9.73. The number of hydrogen-bond donors (Lipinski definition) is 1. The Bertz CT molecular complexity index is 2710. The van der Waals surface area contributed by atoms with Crippen LogP contribution < -0.4 is 4.90 Å². The molecule has 0 spiro atoms. The van der Waals surface area contributed by atoms with Gasteiger partial charge < -0.3 is 14.5 Å². The molecular weight excluding hydrogens is 583 g/mol. The van der Waals surface area contributed by atoms with Gasteiger partial charge in [-0.25, -0.2) is 0 Å². The number of H-pyrrole nitrogens is 1. The fourth-order valence-electron chi connectivity index (χ4n) is 8.14. The summed E-state index contributed by atoms with van der Waals surface area (Å²) in [5.74, 6) is 0. The molecule has 1 aliphatic rings. The van der Waals surface area contributed by atoms with Crippen molar-refractivity contribution in [3.05, 3.63) is 169 Å². The van der Waals surface area contributed by atoms with Crippen LogP contribution in [0.3, 0.4) is 0 Å². The van der Waals surface area contributed by atoms with Gasteiger partial charge in [0.1, 0.15) is 0 Å². The van der Waals surface area contributed by atoms with E-state index in [1.165, 1.54) is 83.1 Å². The fraction of sp³-hybridized carbons (Fsp3) is 0.0667. The minimum atomic E-state index is -0.158. The van der Waals surface area contributed by atoms with E-state index in [2.05, 4.69) is 186 Å². The maximum atomic E-state index is 3.58. The maximum absolute atomic E-state index is 3.58. The lowest BCUT2D eigenvalue weighted by Gasteiger charge is -2.42. The summed E-state index contributed by atoms with van der Waals surface area (Å²) in [4.78, 5) is 6.00. The Kier molecular flexibility index (Phi) is 5.63. The minimum absolute atomic E-state index is 0.158. The molecule has 0 bridgehead atoms. The summed E-state index contributed by atoms with van der Waals surface area (Å²) in [6, 6.07) is 57.7. The van der Waals surface area contributed by atoms with Gasteiger partial charge in [-0.2, -0.15) is 0 Å². The van der Waals surface area contributed by atoms with Crippen molar-refractivity contribution in [1.82, 2.24) is 9.55 Å². The van der Waals surface area contributed by atoms with Crippen LogP contribution in [0.15, 0.2) is 158 Å². The van der Waals surface area contributed by atoms with Crippen LogP contribution in [0.2, 0.25) is 0 Å². The zero-order chi connectivity index (χ0) is 32.0. The van der Waals surface area contributed by atoms with Crippen molar-refractivity contribution in [3.63, 3.8) is 0 Å². The zero-order valence-corrected chi connectivity index (χ0v) is 26.9. The average molecular weight is 616 g/mol. The summed E-state index contributed by atoms with van der Waals surface area (Å²) >= 11 is 0. The lowest BCUT2D eigenvalue weighted by molar-refractivity contribution is 0.632. The Morgan fingerprint density at radius 3 is 2.00 bits per heavy atom. The molecule has 0 saturated heterocycles. The fourth-order valence-corrected chi connectivity index (χ4v) is 8.14. The van der Waals surface area contributed by atoms with Crippen molar-refractivity contribution in [1.29, 1.82) is 0 Å². The summed E-state index contributed by atoms with van der Waals surface area (Å²) in [6.45, 7) is 4.72. The third kappa shape index (κ3) is 3.82. The van der Waals surface area contributed by atoms with Gasteiger partial charge in [-0.15, -0.1) is 0 Å². The molecule has 3 heteroatoms. The van der Waals surface area contributed by atoms with Crippen molar-refractivity contribution in [2.75, 3.05) is 4.90 Å². The number of rotatable bonds is 3. The second-order valence-corrected chi connectivity index (χ2v) is 13.5. The molecule has 0 unspecified atom stereocenters. The molecule has 0 aliphatic carbocycles. The third-order valence-corrected chi connectivity index (χ3v) is 10.5. The zero-order valence-electron chi connectivity index (χ0n) is 26.9. The first-order chi connectivity index (χ1) is 23.6. The summed E-state index contributed by atoms with van der Waals surface area (Å²) in [5.41, 5.74) is 14.5. The number of para-hydroxylation sites is 4. The molecule has 1 N–H and O–H groups in total. The molecular formula is C45H33N3. The second-order valence-electron chi connectivity index (χ2n) is 13.5. The van der Waals surface area contributed by atoms with Gasteiger partial charge in [-0.3, -0.25) is 0 Å². The first-order valence-electron chi connectivity index (χ1n) is 16.7. The van der Waals surface area contributed by atoms with Crippen LogP contribution in [0.5, 0.6) is 0 Å². The van der Waals surface area contributed by atoms with Gasteiger partial charge in [0.2, 0.25) is 0 Å². The number of aromatic nitrogens is 2. The highest BCUT2D eigenvalue weighted by atomic mass is 15.2. The minimum Gasteiger partial charge on any atom is -0.355 e. The van der Waals surface area contributed by atoms with E-state index >= 15 is 0 Å². The first kappa shape index (κ1) is 27.1. The molecule has 10 rings (SSSR count). The number of aromatic amines is 1. The first-order valence-corrected chi connectivity index (χ1v) is 16.7. The SMILES string of the molecule is CC1(C)c2ccccc2N(c2ccccc2)c2ccc(-c3ccc4c(c3)c3ccccc3n4-c3ccc4[nH]c5ccccc5c4c3)cc21. The molecule has 0 fully saturated rings. The second kappa shape index (κ2) is 9.97. The van der Waals surface area contributed by atoms with Crippen molar-refractivity contribution in [2.45, 2.75) is 19.3 Å². The van der Waals surface area contributed by atoms with Crippen LogP contribution in [0, 0.1) is 0 Å². The van der Waals surface area contributed by atoms with Gasteiger partial charge in [-0.05, 0) is 95.1 Å². The predicted octanol–water partition coefficient (Wildman–Crippen LogP) is 12.2. The molecule has 48 heavy (non-hydrogen) atoms. The van der Waals surface area contributed by atoms with Crippen LogP contribution in [0.4, 0.5) is 17.1 Å². The highest BCUT2D eigenvalue weighted by molar-refractivity contribution is 6.12. The molecule has 0 radical (unpaired) electrons. The van der Waals surface area contributed by atoms with Crippen LogP contribution in [0.1, 0.15) is 25.0 Å². The van der Waals surface area contributed by atoms with Gasteiger partial charge in [0.25, 0.3) is 0 Å². The molecule has 0 saturated carbocycles. The van der Waals surface area contributed by atoms with Gasteiger partial charge in [-0.1, -0.05) is 98.8 Å². The van der Waals surface area contributed by atoms with Gasteiger partial charge in [0, 0.05) is 49.4 Å². The van der Waals surface area contributed by atoms with Gasteiger partial charge in [0.15, 0.2) is 0 Å². The van der Waals surface area contributed by atoms with Gasteiger partial charge in [0.05, 0.1) is 22.4 Å². The topological polar surface area (TPSA) is 24.0 Å². The Balaban J connectivity index is 1.15. The Hall–Kier alpha value is -6.06. The summed E-state index contributed by atoms with van der Waals surface area (Å²) in [6.07, 6.45) is 0. The van der Waals surface area contributed by atoms with Crippen LogP contribution in [-0.4, -0.2) is 9.55 Å². The number of nitrogens with zero attached hydrogens (tertiary/aromatic N) is 2. The number of hydrogen-bond acceptors (Lipinski definition) is 1. The van der Waals surface area contributed by atoms with Crippen LogP contribution in [0.25, 0.3) is 60.4 Å². The highest BCUT2D eigenvalue weighted by Crippen LogP contribution is 2.52. The molecule has 0 atom stereocenters. The van der Waals surface area contributed by atoms with E-state index in [9.17, 15) is 0 Å².